The summed E-state index contributed by atoms with van der Waals surface area (Å²) >= 11 is 1.38. The lowest BCUT2D eigenvalue weighted by Crippen LogP contribution is -2.10. The number of benzene rings is 4. The molecular weight excluding hydrogens is 352 g/mol. The lowest BCUT2D eigenvalue weighted by Gasteiger charge is -2.16. The fourth-order valence-corrected chi connectivity index (χ4v) is 4.31. The predicted octanol–water partition coefficient (Wildman–Crippen LogP) is 5.40. The van der Waals surface area contributed by atoms with Crippen molar-refractivity contribution in [1.82, 2.24) is 0 Å². The van der Waals surface area contributed by atoms with Crippen molar-refractivity contribution in [3.63, 3.8) is 0 Å². The highest BCUT2D eigenvalue weighted by atomic mass is 32.2. The highest BCUT2D eigenvalue weighted by Gasteiger charge is 2.24. The van der Waals surface area contributed by atoms with Crippen molar-refractivity contribution in [1.29, 1.82) is 5.26 Å². The van der Waals surface area contributed by atoms with Gasteiger partial charge in [-0.25, -0.2) is 0 Å². The van der Waals surface area contributed by atoms with Crippen molar-refractivity contribution in [2.75, 3.05) is 12.0 Å². The van der Waals surface area contributed by atoms with Gasteiger partial charge >= 0.3 is 0 Å². The van der Waals surface area contributed by atoms with Gasteiger partial charge in [-0.2, -0.15) is 5.26 Å². The molecule has 0 amide bonds. The number of nitrogen functional groups attached to an aromatic ring is 1. The molecule has 27 heavy (non-hydrogen) atoms. The Labute approximate surface area is 161 Å². The molecule has 0 unspecified atom stereocenters. The van der Waals surface area contributed by atoms with Crippen LogP contribution in [-0.4, -0.2) is 12.0 Å². The van der Waals surface area contributed by atoms with E-state index in [2.05, 4.69) is 6.07 Å². The van der Waals surface area contributed by atoms with Gasteiger partial charge in [0.15, 0.2) is 5.78 Å². The summed E-state index contributed by atoms with van der Waals surface area (Å²) in [6.45, 7) is 0. The smallest absolute Gasteiger partial charge is 0.196 e. The van der Waals surface area contributed by atoms with Gasteiger partial charge in [-0.15, -0.1) is 11.8 Å². The Morgan fingerprint density at radius 2 is 1.56 bits per heavy atom. The average Bonchev–Trinajstić information content (AvgIpc) is 2.72. The van der Waals surface area contributed by atoms with Crippen LogP contribution in [0.5, 0.6) is 0 Å². The van der Waals surface area contributed by atoms with E-state index < -0.39 is 0 Å². The number of hydrogen-bond donors (Lipinski definition) is 1. The van der Waals surface area contributed by atoms with Gasteiger partial charge in [-0.05, 0) is 17.0 Å². The van der Waals surface area contributed by atoms with E-state index in [4.69, 9.17) is 5.73 Å². The minimum Gasteiger partial charge on any atom is -0.398 e. The van der Waals surface area contributed by atoms with Gasteiger partial charge in [0.1, 0.15) is 6.07 Å². The number of nitrogens with two attached hydrogens (primary N) is 1. The average molecular weight is 368 g/mol. The quantitative estimate of drug-likeness (QED) is 0.299. The molecule has 2 N–H and O–H groups in total. The molecule has 0 saturated heterocycles. The summed E-state index contributed by atoms with van der Waals surface area (Å²) < 4.78 is 0. The second-order valence-corrected chi connectivity index (χ2v) is 7.03. The summed E-state index contributed by atoms with van der Waals surface area (Å²) in [5.41, 5.74) is 8.38. The summed E-state index contributed by atoms with van der Waals surface area (Å²) in [7, 11) is 0. The second kappa shape index (κ2) is 6.79. The Kier molecular flexibility index (Phi) is 4.31. The monoisotopic (exact) mass is 368 g/mol. The largest absolute Gasteiger partial charge is 0.398 e. The molecule has 4 aromatic carbocycles. The minimum atomic E-state index is -0.157. The first kappa shape index (κ1) is 17.1. The third kappa shape index (κ3) is 2.64. The number of nitrogens with zero attached hydrogens (tertiary/aromatic N) is 1. The molecule has 3 nitrogen and oxygen atoms in total. The van der Waals surface area contributed by atoms with E-state index in [0.29, 0.717) is 27.3 Å². The molecule has 0 spiro atoms. The maximum Gasteiger partial charge on any atom is 0.196 e. The third-order valence-corrected chi connectivity index (χ3v) is 5.60. The Morgan fingerprint density at radius 1 is 0.926 bits per heavy atom. The lowest BCUT2D eigenvalue weighted by atomic mass is 9.92. The summed E-state index contributed by atoms with van der Waals surface area (Å²) in [5, 5.41) is 13.2. The van der Waals surface area contributed by atoms with Crippen LogP contribution in [0.1, 0.15) is 21.5 Å². The van der Waals surface area contributed by atoms with Crippen molar-refractivity contribution in [2.45, 2.75) is 4.90 Å². The van der Waals surface area contributed by atoms with Gasteiger partial charge in [0.2, 0.25) is 0 Å². The molecule has 4 rings (SSSR count). The minimum absolute atomic E-state index is 0.157. The highest BCUT2D eigenvalue weighted by molar-refractivity contribution is 7.98. The molecule has 4 heteroatoms. The number of rotatable bonds is 3. The van der Waals surface area contributed by atoms with Gasteiger partial charge in [0, 0.05) is 21.2 Å². The van der Waals surface area contributed by atoms with Crippen molar-refractivity contribution < 1.29 is 4.79 Å². The molecule has 0 aliphatic carbocycles. The number of anilines is 1. The van der Waals surface area contributed by atoms with Crippen molar-refractivity contribution in [2.24, 2.45) is 0 Å². The Balaban J connectivity index is 2.08. The fraction of sp³-hybridized carbons (Fsp3) is 0.0435. The van der Waals surface area contributed by atoms with Crippen molar-refractivity contribution >= 4 is 44.8 Å². The highest BCUT2D eigenvalue weighted by Crippen LogP contribution is 2.39. The predicted molar refractivity (Wildman–Crippen MR) is 112 cm³/mol. The van der Waals surface area contributed by atoms with Gasteiger partial charge < -0.3 is 5.73 Å². The zero-order chi connectivity index (χ0) is 19.0. The summed E-state index contributed by atoms with van der Waals surface area (Å²) in [5.74, 6) is -0.157. The van der Waals surface area contributed by atoms with Gasteiger partial charge in [-0.3, -0.25) is 4.79 Å². The molecule has 0 radical (unpaired) electrons. The van der Waals surface area contributed by atoms with E-state index in [0.717, 1.165) is 21.5 Å². The maximum absolute atomic E-state index is 13.6. The fourth-order valence-electron chi connectivity index (χ4n) is 3.54. The Hall–Kier alpha value is -3.29. The third-order valence-electron chi connectivity index (χ3n) is 4.79. The molecule has 0 fully saturated rings. The standard InChI is InChI=1S/C23H16N2OS/c1-27-23-19(13-24)16-10-4-5-11-17(16)21(25)20(23)22(26)18-12-6-8-14-7-2-3-9-15(14)18/h2-12H,25H2,1H3. The van der Waals surface area contributed by atoms with Crippen LogP contribution >= 0.6 is 11.8 Å². The molecule has 0 bridgehead atoms. The van der Waals surface area contributed by atoms with E-state index in [1.807, 2.05) is 73.0 Å². The number of hydrogen-bond acceptors (Lipinski definition) is 4. The van der Waals surface area contributed by atoms with E-state index in [1.165, 1.54) is 11.8 Å². The van der Waals surface area contributed by atoms with Crippen LogP contribution in [0.2, 0.25) is 0 Å². The van der Waals surface area contributed by atoms with Crippen LogP contribution in [0.15, 0.2) is 71.6 Å². The normalized spacial score (nSPS) is 10.8. The number of thioether (sulfide) groups is 1. The van der Waals surface area contributed by atoms with Crippen molar-refractivity contribution in [3.8, 4) is 6.07 Å². The van der Waals surface area contributed by atoms with Crippen LogP contribution in [0.25, 0.3) is 21.5 Å². The van der Waals surface area contributed by atoms with Crippen LogP contribution in [0.4, 0.5) is 5.69 Å². The molecular formula is C23H16N2OS. The number of ketones is 1. The number of nitriles is 1. The SMILES string of the molecule is CSc1c(C(=O)c2cccc3ccccc23)c(N)c2ccccc2c1C#N. The Morgan fingerprint density at radius 3 is 2.26 bits per heavy atom. The van der Waals surface area contributed by atoms with E-state index >= 15 is 0 Å². The molecule has 0 aliphatic heterocycles. The zero-order valence-corrected chi connectivity index (χ0v) is 15.5. The van der Waals surface area contributed by atoms with Crippen LogP contribution in [0.3, 0.4) is 0 Å². The van der Waals surface area contributed by atoms with Gasteiger partial charge in [0.25, 0.3) is 0 Å². The lowest BCUT2D eigenvalue weighted by molar-refractivity contribution is 0.103. The van der Waals surface area contributed by atoms with Crippen LogP contribution in [0, 0.1) is 11.3 Å². The number of carbonyl (C=O) groups is 1. The molecule has 0 heterocycles. The first-order valence-corrected chi connectivity index (χ1v) is 9.70. The first-order chi connectivity index (χ1) is 13.2. The molecule has 0 aromatic heterocycles. The van der Waals surface area contributed by atoms with Crippen molar-refractivity contribution in [3.05, 3.63) is 83.4 Å². The van der Waals surface area contributed by atoms with E-state index in [1.54, 1.807) is 0 Å². The van der Waals surface area contributed by atoms with Gasteiger partial charge in [-0.1, -0.05) is 66.7 Å². The van der Waals surface area contributed by atoms with Crippen LogP contribution in [-0.2, 0) is 0 Å². The molecule has 0 aliphatic rings. The van der Waals surface area contributed by atoms with Crippen LogP contribution < -0.4 is 5.73 Å². The molecule has 0 saturated carbocycles. The topological polar surface area (TPSA) is 66.9 Å². The Bertz CT molecular complexity index is 1250. The second-order valence-electron chi connectivity index (χ2n) is 6.21. The van der Waals surface area contributed by atoms with E-state index in [-0.39, 0.29) is 5.78 Å². The molecule has 130 valence electrons. The summed E-state index contributed by atoms with van der Waals surface area (Å²) in [6.07, 6.45) is 1.87. The number of fused-ring (bicyclic) bond motifs is 2. The number of carbonyl (C=O) groups excluding carboxylic acids is 1. The van der Waals surface area contributed by atoms with Gasteiger partial charge in [0.05, 0.1) is 16.8 Å². The first-order valence-electron chi connectivity index (χ1n) is 8.48. The zero-order valence-electron chi connectivity index (χ0n) is 14.7. The molecule has 0 atom stereocenters. The summed E-state index contributed by atoms with van der Waals surface area (Å²) in [4.78, 5) is 14.2. The molecule has 4 aromatic rings. The maximum atomic E-state index is 13.6. The van der Waals surface area contributed by atoms with E-state index in [9.17, 15) is 10.1 Å². The summed E-state index contributed by atoms with van der Waals surface area (Å²) in [6, 6.07) is 23.2.